The van der Waals surface area contributed by atoms with Crippen molar-refractivity contribution < 1.29 is 4.74 Å². The molecule has 4 rings (SSSR count). The zero-order chi connectivity index (χ0) is 18.3. The summed E-state index contributed by atoms with van der Waals surface area (Å²) in [5.74, 6) is 0. The molecule has 27 heavy (non-hydrogen) atoms. The van der Waals surface area contributed by atoms with Crippen LogP contribution >= 0.6 is 0 Å². The van der Waals surface area contributed by atoms with Gasteiger partial charge in [0.25, 0.3) is 0 Å². The monoisotopic (exact) mass is 365 g/mol. The van der Waals surface area contributed by atoms with Crippen LogP contribution in [-0.2, 0) is 17.7 Å². The van der Waals surface area contributed by atoms with Crippen LogP contribution in [0.4, 0.5) is 0 Å². The van der Waals surface area contributed by atoms with Crippen LogP contribution in [-0.4, -0.2) is 59.7 Å². The second-order valence-electron chi connectivity index (χ2n) is 7.88. The first kappa shape index (κ1) is 18.6. The summed E-state index contributed by atoms with van der Waals surface area (Å²) in [6.07, 6.45) is 9.00. The number of piperidine rings is 1. The Morgan fingerprint density at radius 2 is 1.78 bits per heavy atom. The molecular weight excluding hydrogens is 334 g/mol. The zero-order valence-corrected chi connectivity index (χ0v) is 16.2. The minimum atomic E-state index is 0.382. The Bertz CT molecular complexity index is 671. The lowest BCUT2D eigenvalue weighted by Gasteiger charge is -2.42. The summed E-state index contributed by atoms with van der Waals surface area (Å²) in [4.78, 5) is 9.50. The van der Waals surface area contributed by atoms with E-state index in [9.17, 15) is 0 Å². The van der Waals surface area contributed by atoms with Gasteiger partial charge in [-0.1, -0.05) is 36.4 Å². The first-order valence-corrected chi connectivity index (χ1v) is 10.4. The molecule has 2 fully saturated rings. The molecule has 1 atom stereocenters. The Kier molecular flexibility index (Phi) is 6.51. The van der Waals surface area contributed by atoms with Gasteiger partial charge >= 0.3 is 0 Å². The van der Waals surface area contributed by atoms with Gasteiger partial charge in [-0.2, -0.15) is 0 Å². The van der Waals surface area contributed by atoms with Gasteiger partial charge in [0.2, 0.25) is 0 Å². The predicted molar refractivity (Wildman–Crippen MR) is 109 cm³/mol. The van der Waals surface area contributed by atoms with Crippen molar-refractivity contribution in [1.82, 2.24) is 14.8 Å². The van der Waals surface area contributed by atoms with Crippen molar-refractivity contribution in [3.05, 3.63) is 66.0 Å². The number of nitrogens with zero attached hydrogens (tertiary/aromatic N) is 3. The molecule has 0 N–H and O–H groups in total. The minimum absolute atomic E-state index is 0.382. The molecular formula is C23H31N3O. The molecule has 2 saturated heterocycles. The van der Waals surface area contributed by atoms with Crippen LogP contribution < -0.4 is 0 Å². The van der Waals surface area contributed by atoms with Crippen LogP contribution in [0.5, 0.6) is 0 Å². The first-order chi connectivity index (χ1) is 13.4. The first-order valence-electron chi connectivity index (χ1n) is 10.4. The summed E-state index contributed by atoms with van der Waals surface area (Å²) < 4.78 is 6.06. The van der Waals surface area contributed by atoms with Crippen molar-refractivity contribution >= 4 is 0 Å². The quantitative estimate of drug-likeness (QED) is 0.785. The molecule has 3 heterocycles. The number of ether oxygens (including phenoxy) is 1. The summed E-state index contributed by atoms with van der Waals surface area (Å²) >= 11 is 0. The summed E-state index contributed by atoms with van der Waals surface area (Å²) in [5, 5.41) is 0. The number of benzene rings is 1. The number of hydrogen-bond donors (Lipinski definition) is 0. The fraction of sp³-hybridized carbons (Fsp3) is 0.522. The van der Waals surface area contributed by atoms with Crippen LogP contribution in [0.15, 0.2) is 54.9 Å². The number of pyridine rings is 1. The highest BCUT2D eigenvalue weighted by Gasteiger charge is 2.29. The standard InChI is InChI=1S/C23H31N3O/c1-2-5-20(6-3-1)8-9-23-19-26(15-16-27-23)22-10-13-25(14-11-22)18-21-7-4-12-24-17-21/h1-7,12,17,22-23H,8-11,13-16,18-19H2/t23-/m1/s1. The summed E-state index contributed by atoms with van der Waals surface area (Å²) in [7, 11) is 0. The maximum Gasteiger partial charge on any atom is 0.0705 e. The Morgan fingerprint density at radius 3 is 2.56 bits per heavy atom. The van der Waals surface area contributed by atoms with Gasteiger partial charge in [-0.3, -0.25) is 14.8 Å². The molecule has 0 amide bonds. The molecule has 0 unspecified atom stereocenters. The number of aryl methyl sites for hydroxylation is 1. The van der Waals surface area contributed by atoms with Gasteiger partial charge in [0.1, 0.15) is 0 Å². The Hall–Kier alpha value is -1.75. The second kappa shape index (κ2) is 9.45. The van der Waals surface area contributed by atoms with Crippen molar-refractivity contribution in [1.29, 1.82) is 0 Å². The molecule has 1 aromatic heterocycles. The number of morpholine rings is 1. The molecule has 0 aliphatic carbocycles. The maximum absolute atomic E-state index is 6.06. The van der Waals surface area contributed by atoms with E-state index in [1.165, 1.54) is 37.1 Å². The Labute approximate surface area is 163 Å². The highest BCUT2D eigenvalue weighted by molar-refractivity contribution is 5.14. The highest BCUT2D eigenvalue weighted by atomic mass is 16.5. The third kappa shape index (κ3) is 5.38. The fourth-order valence-corrected chi connectivity index (χ4v) is 4.41. The molecule has 2 aromatic rings. The van der Waals surface area contributed by atoms with Crippen molar-refractivity contribution in [2.24, 2.45) is 0 Å². The molecule has 0 radical (unpaired) electrons. The molecule has 2 aliphatic rings. The smallest absolute Gasteiger partial charge is 0.0705 e. The summed E-state index contributed by atoms with van der Waals surface area (Å²) in [6.45, 7) is 6.48. The molecule has 0 bridgehead atoms. The van der Waals surface area contributed by atoms with Crippen molar-refractivity contribution in [2.45, 2.75) is 44.4 Å². The lowest BCUT2D eigenvalue weighted by molar-refractivity contribution is -0.0547. The Balaban J connectivity index is 1.22. The molecule has 2 aliphatic heterocycles. The van der Waals surface area contributed by atoms with Gasteiger partial charge < -0.3 is 4.74 Å². The van der Waals surface area contributed by atoms with Gasteiger partial charge in [-0.15, -0.1) is 0 Å². The molecule has 0 saturated carbocycles. The third-order valence-corrected chi connectivity index (χ3v) is 5.97. The van der Waals surface area contributed by atoms with Gasteiger partial charge in [0.05, 0.1) is 12.7 Å². The molecule has 144 valence electrons. The van der Waals surface area contributed by atoms with E-state index >= 15 is 0 Å². The fourth-order valence-electron chi connectivity index (χ4n) is 4.41. The number of hydrogen-bond acceptors (Lipinski definition) is 4. The van der Waals surface area contributed by atoms with Gasteiger partial charge in [-0.05, 0) is 56.0 Å². The van der Waals surface area contributed by atoms with E-state index in [1.807, 2.05) is 18.5 Å². The van der Waals surface area contributed by atoms with E-state index < -0.39 is 0 Å². The molecule has 4 nitrogen and oxygen atoms in total. The van der Waals surface area contributed by atoms with E-state index in [0.717, 1.165) is 45.1 Å². The lowest BCUT2D eigenvalue weighted by Crippen LogP contribution is -2.51. The maximum atomic E-state index is 6.06. The predicted octanol–water partition coefficient (Wildman–Crippen LogP) is 3.38. The van der Waals surface area contributed by atoms with E-state index in [4.69, 9.17) is 4.74 Å². The van der Waals surface area contributed by atoms with E-state index in [-0.39, 0.29) is 0 Å². The minimum Gasteiger partial charge on any atom is -0.376 e. The number of likely N-dealkylation sites (tertiary alicyclic amines) is 1. The van der Waals surface area contributed by atoms with Gasteiger partial charge in [0, 0.05) is 38.1 Å². The summed E-state index contributed by atoms with van der Waals surface area (Å²) in [5.41, 5.74) is 2.74. The number of aromatic nitrogens is 1. The number of rotatable bonds is 6. The van der Waals surface area contributed by atoms with E-state index in [0.29, 0.717) is 6.10 Å². The molecule has 0 spiro atoms. The van der Waals surface area contributed by atoms with Crippen LogP contribution in [0.25, 0.3) is 0 Å². The van der Waals surface area contributed by atoms with Crippen molar-refractivity contribution in [3.63, 3.8) is 0 Å². The van der Waals surface area contributed by atoms with E-state index in [1.54, 1.807) is 0 Å². The SMILES string of the molecule is c1ccc(CC[C@@H]2CN(C3CCN(Cc4cccnc4)CC3)CCO2)cc1. The van der Waals surface area contributed by atoms with Gasteiger partial charge in [-0.25, -0.2) is 0 Å². The largest absolute Gasteiger partial charge is 0.376 e. The Morgan fingerprint density at radius 1 is 0.963 bits per heavy atom. The normalized spacial score (nSPS) is 22.7. The molecule has 1 aromatic carbocycles. The van der Waals surface area contributed by atoms with Gasteiger partial charge in [0.15, 0.2) is 0 Å². The van der Waals surface area contributed by atoms with Crippen LogP contribution in [0.2, 0.25) is 0 Å². The van der Waals surface area contributed by atoms with Crippen LogP contribution in [0.1, 0.15) is 30.4 Å². The van der Waals surface area contributed by atoms with Crippen LogP contribution in [0.3, 0.4) is 0 Å². The average molecular weight is 366 g/mol. The van der Waals surface area contributed by atoms with Crippen molar-refractivity contribution in [3.8, 4) is 0 Å². The second-order valence-corrected chi connectivity index (χ2v) is 7.88. The zero-order valence-electron chi connectivity index (χ0n) is 16.2. The lowest BCUT2D eigenvalue weighted by atomic mass is 10.00. The topological polar surface area (TPSA) is 28.6 Å². The average Bonchev–Trinajstić information content (AvgIpc) is 2.75. The van der Waals surface area contributed by atoms with Crippen molar-refractivity contribution in [2.75, 3.05) is 32.8 Å². The molecule has 4 heteroatoms. The summed E-state index contributed by atoms with van der Waals surface area (Å²) in [6, 6.07) is 15.7. The van der Waals surface area contributed by atoms with Crippen LogP contribution in [0, 0.1) is 0 Å². The van der Waals surface area contributed by atoms with E-state index in [2.05, 4.69) is 51.2 Å². The third-order valence-electron chi connectivity index (χ3n) is 5.97. The highest BCUT2D eigenvalue weighted by Crippen LogP contribution is 2.22.